The van der Waals surface area contributed by atoms with Crippen molar-refractivity contribution in [1.82, 2.24) is 0 Å². The van der Waals surface area contributed by atoms with Gasteiger partial charge >= 0.3 is 5.97 Å². The number of hydrogen-bond donors (Lipinski definition) is 3. The summed E-state index contributed by atoms with van der Waals surface area (Å²) in [4.78, 5) is 37.0. The largest absolute Gasteiger partial charge is 0.507 e. The number of hydrogen-bond acceptors (Lipinski definition) is 7. The highest BCUT2D eigenvalue weighted by Crippen LogP contribution is 2.32. The maximum atomic E-state index is 12.5. The normalized spacial score (nSPS) is 10.3. The van der Waals surface area contributed by atoms with Crippen LogP contribution in [-0.2, 0) is 0 Å². The van der Waals surface area contributed by atoms with E-state index in [4.69, 9.17) is 4.74 Å². The Labute approximate surface area is 159 Å². The lowest BCUT2D eigenvalue weighted by molar-refractivity contribution is 0.0725. The van der Waals surface area contributed by atoms with E-state index in [0.29, 0.717) is 0 Å². The Morgan fingerprint density at radius 1 is 0.607 bits per heavy atom. The Balaban J connectivity index is 1.90. The van der Waals surface area contributed by atoms with Crippen LogP contribution in [0.5, 0.6) is 23.0 Å². The molecule has 140 valence electrons. The molecule has 28 heavy (non-hydrogen) atoms. The number of carbonyl (C=O) groups excluding carboxylic acids is 3. The molecule has 0 unspecified atom stereocenters. The van der Waals surface area contributed by atoms with Crippen molar-refractivity contribution in [2.75, 3.05) is 0 Å². The number of ketones is 2. The van der Waals surface area contributed by atoms with Crippen molar-refractivity contribution >= 4 is 17.5 Å². The molecule has 0 aliphatic carbocycles. The van der Waals surface area contributed by atoms with Gasteiger partial charge in [-0.2, -0.15) is 0 Å². The van der Waals surface area contributed by atoms with Crippen LogP contribution in [0, 0.1) is 0 Å². The van der Waals surface area contributed by atoms with Gasteiger partial charge in [0.15, 0.2) is 11.5 Å². The van der Waals surface area contributed by atoms with Crippen molar-refractivity contribution in [3.05, 3.63) is 83.4 Å². The first-order chi connectivity index (χ1) is 13.4. The number of ether oxygens (including phenoxy) is 1. The number of benzene rings is 3. The zero-order valence-electron chi connectivity index (χ0n) is 14.3. The first-order valence-electron chi connectivity index (χ1n) is 8.09. The third kappa shape index (κ3) is 3.54. The van der Waals surface area contributed by atoms with E-state index in [2.05, 4.69) is 0 Å². The van der Waals surface area contributed by atoms with Crippen LogP contribution in [0.3, 0.4) is 0 Å². The fraction of sp³-hybridized carbons (Fsp3) is 0. The molecule has 3 N–H and O–H groups in total. The van der Waals surface area contributed by atoms with Gasteiger partial charge in [-0.3, -0.25) is 9.59 Å². The summed E-state index contributed by atoms with van der Waals surface area (Å²) in [5.74, 6) is -4.82. The Morgan fingerprint density at radius 3 is 1.71 bits per heavy atom. The van der Waals surface area contributed by atoms with Crippen LogP contribution in [-0.4, -0.2) is 32.9 Å². The standard InChI is InChI=1S/C21H14O7/c22-15-9-3-1-6-12(15)19(25)20(26)14-8-5-11-17(18(14)24)28-21(27)13-7-2-4-10-16(13)23/h1-11,22-24H. The summed E-state index contributed by atoms with van der Waals surface area (Å²) in [5, 5.41) is 29.8. The van der Waals surface area contributed by atoms with Crippen LogP contribution < -0.4 is 4.74 Å². The van der Waals surface area contributed by atoms with E-state index in [1.807, 2.05) is 0 Å². The molecule has 0 amide bonds. The summed E-state index contributed by atoms with van der Waals surface area (Å²) in [6.45, 7) is 0. The van der Waals surface area contributed by atoms with Gasteiger partial charge in [0.05, 0.1) is 11.1 Å². The second kappa shape index (κ2) is 7.63. The minimum atomic E-state index is -1.08. The quantitative estimate of drug-likeness (QED) is 0.270. The molecule has 0 heterocycles. The Morgan fingerprint density at radius 2 is 1.11 bits per heavy atom. The fourth-order valence-corrected chi connectivity index (χ4v) is 2.50. The average Bonchev–Trinajstić information content (AvgIpc) is 2.69. The number of Topliss-reactive ketones (excluding diaryl/α,β-unsaturated/α-hetero) is 2. The number of rotatable bonds is 5. The van der Waals surface area contributed by atoms with Crippen LogP contribution >= 0.6 is 0 Å². The lowest BCUT2D eigenvalue weighted by atomic mass is 10.00. The summed E-state index contributed by atoms with van der Waals surface area (Å²) >= 11 is 0. The lowest BCUT2D eigenvalue weighted by Gasteiger charge is -2.10. The molecular formula is C21H14O7. The zero-order chi connectivity index (χ0) is 20.3. The molecular weight excluding hydrogens is 364 g/mol. The molecule has 0 atom stereocenters. The first-order valence-corrected chi connectivity index (χ1v) is 8.09. The van der Waals surface area contributed by atoms with E-state index in [0.717, 1.165) is 0 Å². The minimum Gasteiger partial charge on any atom is -0.507 e. The van der Waals surface area contributed by atoms with E-state index in [9.17, 15) is 29.7 Å². The first kappa shape index (κ1) is 18.7. The van der Waals surface area contributed by atoms with Gasteiger partial charge in [-0.1, -0.05) is 30.3 Å². The van der Waals surface area contributed by atoms with Crippen LogP contribution in [0.1, 0.15) is 31.1 Å². The van der Waals surface area contributed by atoms with Gasteiger partial charge in [0, 0.05) is 0 Å². The number of para-hydroxylation sites is 3. The van der Waals surface area contributed by atoms with Gasteiger partial charge in [0.25, 0.3) is 0 Å². The second-order valence-corrected chi connectivity index (χ2v) is 5.73. The Bertz CT molecular complexity index is 1090. The van der Waals surface area contributed by atoms with Gasteiger partial charge in [-0.15, -0.1) is 0 Å². The maximum Gasteiger partial charge on any atom is 0.347 e. The van der Waals surface area contributed by atoms with Crippen molar-refractivity contribution in [2.24, 2.45) is 0 Å². The second-order valence-electron chi connectivity index (χ2n) is 5.73. The third-order valence-corrected chi connectivity index (χ3v) is 3.93. The monoisotopic (exact) mass is 378 g/mol. The molecule has 7 nitrogen and oxygen atoms in total. The molecule has 0 aliphatic rings. The van der Waals surface area contributed by atoms with Crippen molar-refractivity contribution in [1.29, 1.82) is 0 Å². The summed E-state index contributed by atoms with van der Waals surface area (Å²) in [5.41, 5.74) is -0.747. The highest BCUT2D eigenvalue weighted by Gasteiger charge is 2.26. The molecule has 3 rings (SSSR count). The van der Waals surface area contributed by atoms with Gasteiger partial charge in [-0.05, 0) is 36.4 Å². The SMILES string of the molecule is O=C(Oc1cccc(C(=O)C(=O)c2ccccc2O)c1O)c1ccccc1O. The van der Waals surface area contributed by atoms with Gasteiger partial charge in [-0.25, -0.2) is 4.79 Å². The summed E-state index contributed by atoms with van der Waals surface area (Å²) in [7, 11) is 0. The topological polar surface area (TPSA) is 121 Å². The molecule has 0 radical (unpaired) electrons. The van der Waals surface area contributed by atoms with Gasteiger partial charge < -0.3 is 20.1 Å². The molecule has 0 saturated heterocycles. The molecule has 3 aromatic rings. The van der Waals surface area contributed by atoms with Crippen molar-refractivity contribution in [2.45, 2.75) is 0 Å². The number of phenols is 3. The number of phenolic OH excluding ortho intramolecular Hbond substituents is 3. The maximum absolute atomic E-state index is 12.5. The summed E-state index contributed by atoms with van der Waals surface area (Å²) in [6.07, 6.45) is 0. The van der Waals surface area contributed by atoms with Crippen LogP contribution in [0.4, 0.5) is 0 Å². The molecule has 3 aromatic carbocycles. The predicted octanol–water partition coefficient (Wildman–Crippen LogP) is 3.09. The molecule has 0 aromatic heterocycles. The highest BCUT2D eigenvalue weighted by molar-refractivity contribution is 6.50. The molecule has 7 heteroatoms. The molecule has 0 spiro atoms. The van der Waals surface area contributed by atoms with E-state index >= 15 is 0 Å². The highest BCUT2D eigenvalue weighted by atomic mass is 16.5. The fourth-order valence-electron chi connectivity index (χ4n) is 2.50. The van der Waals surface area contributed by atoms with E-state index in [1.165, 1.54) is 66.7 Å². The lowest BCUT2D eigenvalue weighted by Crippen LogP contribution is -2.15. The molecule has 0 saturated carbocycles. The zero-order valence-corrected chi connectivity index (χ0v) is 14.3. The van der Waals surface area contributed by atoms with Gasteiger partial charge in [0.1, 0.15) is 17.1 Å². The van der Waals surface area contributed by atoms with Gasteiger partial charge in [0.2, 0.25) is 11.6 Å². The minimum absolute atomic E-state index is 0.135. The molecule has 0 bridgehead atoms. The summed E-state index contributed by atoms with van der Waals surface area (Å²) in [6, 6.07) is 14.9. The Hall–Kier alpha value is -4.13. The van der Waals surface area contributed by atoms with Crippen molar-refractivity contribution in [3.8, 4) is 23.0 Å². The summed E-state index contributed by atoms with van der Waals surface area (Å²) < 4.78 is 5.05. The van der Waals surface area contributed by atoms with E-state index < -0.39 is 28.8 Å². The smallest absolute Gasteiger partial charge is 0.347 e. The van der Waals surface area contributed by atoms with Crippen LogP contribution in [0.15, 0.2) is 66.7 Å². The number of carbonyl (C=O) groups is 3. The van der Waals surface area contributed by atoms with Crippen molar-refractivity contribution in [3.63, 3.8) is 0 Å². The third-order valence-electron chi connectivity index (χ3n) is 3.93. The van der Waals surface area contributed by atoms with Crippen LogP contribution in [0.25, 0.3) is 0 Å². The van der Waals surface area contributed by atoms with Crippen LogP contribution in [0.2, 0.25) is 0 Å². The molecule has 0 fully saturated rings. The molecule has 0 aliphatic heterocycles. The van der Waals surface area contributed by atoms with Crippen molar-refractivity contribution < 1.29 is 34.4 Å². The number of aromatic hydroxyl groups is 3. The predicted molar refractivity (Wildman–Crippen MR) is 97.9 cm³/mol. The Kier molecular flexibility index (Phi) is 5.08. The average molecular weight is 378 g/mol. The van der Waals surface area contributed by atoms with E-state index in [1.54, 1.807) is 0 Å². The van der Waals surface area contributed by atoms with E-state index in [-0.39, 0.29) is 28.4 Å². The number of esters is 1.